The van der Waals surface area contributed by atoms with Gasteiger partial charge in [-0.05, 0) is 43.5 Å². The molecule has 0 spiro atoms. The first kappa shape index (κ1) is 16.3. The smallest absolute Gasteiger partial charge is 0.246 e. The molecule has 0 radical (unpaired) electrons. The quantitative estimate of drug-likeness (QED) is 0.847. The van der Waals surface area contributed by atoms with Crippen molar-refractivity contribution in [2.24, 2.45) is 0 Å². The van der Waals surface area contributed by atoms with Crippen molar-refractivity contribution >= 4 is 23.6 Å². The molecule has 22 heavy (non-hydrogen) atoms. The molecule has 1 aliphatic rings. The van der Waals surface area contributed by atoms with Gasteiger partial charge in [0.1, 0.15) is 0 Å². The zero-order valence-electron chi connectivity index (χ0n) is 13.3. The molecule has 118 valence electrons. The first-order chi connectivity index (χ1) is 10.6. The summed E-state index contributed by atoms with van der Waals surface area (Å²) >= 11 is 0. The predicted molar refractivity (Wildman–Crippen MR) is 89.4 cm³/mol. The van der Waals surface area contributed by atoms with Gasteiger partial charge in [0.05, 0.1) is 0 Å². The maximum Gasteiger partial charge on any atom is 0.246 e. The van der Waals surface area contributed by atoms with Gasteiger partial charge in [0.2, 0.25) is 11.8 Å². The molecule has 1 aliphatic carbocycles. The lowest BCUT2D eigenvalue weighted by Crippen LogP contribution is -2.37. The lowest BCUT2D eigenvalue weighted by atomic mass is 10.1. The molecule has 1 fully saturated rings. The van der Waals surface area contributed by atoms with Gasteiger partial charge >= 0.3 is 0 Å². The second-order valence-electron chi connectivity index (χ2n) is 5.70. The van der Waals surface area contributed by atoms with Crippen molar-refractivity contribution in [3.8, 4) is 0 Å². The van der Waals surface area contributed by atoms with Gasteiger partial charge in [0.25, 0.3) is 0 Å². The molecule has 0 bridgehead atoms. The summed E-state index contributed by atoms with van der Waals surface area (Å²) in [7, 11) is 0. The minimum atomic E-state index is -0.0892. The van der Waals surface area contributed by atoms with E-state index in [0.29, 0.717) is 6.04 Å². The third-order valence-electron chi connectivity index (χ3n) is 4.04. The summed E-state index contributed by atoms with van der Waals surface area (Å²) in [6.45, 7) is 4.27. The van der Waals surface area contributed by atoms with E-state index in [4.69, 9.17) is 0 Å². The number of amides is 2. The van der Waals surface area contributed by atoms with E-state index in [1.54, 1.807) is 6.08 Å². The average Bonchev–Trinajstić information content (AvgIpc) is 3.01. The maximum atomic E-state index is 12.3. The molecule has 0 unspecified atom stereocenters. The van der Waals surface area contributed by atoms with Crippen LogP contribution in [-0.4, -0.2) is 29.3 Å². The van der Waals surface area contributed by atoms with Crippen LogP contribution in [0.2, 0.25) is 0 Å². The van der Waals surface area contributed by atoms with Crippen LogP contribution < -0.4 is 5.32 Å². The molecule has 2 amide bonds. The van der Waals surface area contributed by atoms with E-state index in [1.165, 1.54) is 19.8 Å². The molecule has 0 saturated heterocycles. The van der Waals surface area contributed by atoms with Crippen molar-refractivity contribution in [1.29, 1.82) is 0 Å². The second kappa shape index (κ2) is 7.78. The zero-order valence-corrected chi connectivity index (χ0v) is 13.3. The molecule has 1 saturated carbocycles. The largest absolute Gasteiger partial charge is 0.336 e. The van der Waals surface area contributed by atoms with Crippen LogP contribution in [0.25, 0.3) is 6.08 Å². The SMILES string of the molecule is CCN(C(=O)/C=C/c1ccc(NC(C)=O)cc1)C1CCCC1. The summed E-state index contributed by atoms with van der Waals surface area (Å²) in [6.07, 6.45) is 8.18. The Morgan fingerprint density at radius 3 is 2.41 bits per heavy atom. The molecule has 0 aliphatic heterocycles. The number of rotatable bonds is 5. The Kier molecular flexibility index (Phi) is 5.75. The molecule has 2 rings (SSSR count). The lowest BCUT2D eigenvalue weighted by Gasteiger charge is -2.26. The fourth-order valence-corrected chi connectivity index (χ4v) is 2.95. The number of hydrogen-bond acceptors (Lipinski definition) is 2. The summed E-state index contributed by atoms with van der Waals surface area (Å²) in [5, 5.41) is 2.72. The number of hydrogen-bond donors (Lipinski definition) is 1. The molecule has 1 aromatic rings. The zero-order chi connectivity index (χ0) is 15.9. The van der Waals surface area contributed by atoms with Gasteiger partial charge in [0.15, 0.2) is 0 Å². The summed E-state index contributed by atoms with van der Waals surface area (Å²) in [5.74, 6) is -0.00559. The monoisotopic (exact) mass is 300 g/mol. The highest BCUT2D eigenvalue weighted by atomic mass is 16.2. The molecule has 0 aromatic heterocycles. The fraction of sp³-hybridized carbons (Fsp3) is 0.444. The van der Waals surface area contributed by atoms with Gasteiger partial charge in [-0.15, -0.1) is 0 Å². The average molecular weight is 300 g/mol. The van der Waals surface area contributed by atoms with E-state index >= 15 is 0 Å². The predicted octanol–water partition coefficient (Wildman–Crippen LogP) is 3.45. The number of nitrogens with one attached hydrogen (secondary N) is 1. The molecule has 0 atom stereocenters. The maximum absolute atomic E-state index is 12.3. The van der Waals surface area contributed by atoms with Gasteiger partial charge < -0.3 is 10.2 Å². The summed E-state index contributed by atoms with van der Waals surface area (Å²) in [5.41, 5.74) is 1.71. The van der Waals surface area contributed by atoms with Crippen LogP contribution in [0.3, 0.4) is 0 Å². The number of carbonyl (C=O) groups excluding carboxylic acids is 2. The van der Waals surface area contributed by atoms with Gasteiger partial charge in [-0.1, -0.05) is 25.0 Å². The molecule has 0 heterocycles. The van der Waals surface area contributed by atoms with Crippen molar-refractivity contribution in [1.82, 2.24) is 4.90 Å². The van der Waals surface area contributed by atoms with Crippen molar-refractivity contribution < 1.29 is 9.59 Å². The topological polar surface area (TPSA) is 49.4 Å². The van der Waals surface area contributed by atoms with E-state index in [1.807, 2.05) is 42.2 Å². The highest BCUT2D eigenvalue weighted by Gasteiger charge is 2.23. The van der Waals surface area contributed by atoms with Crippen LogP contribution in [0.4, 0.5) is 5.69 Å². The third-order valence-corrected chi connectivity index (χ3v) is 4.04. The standard InChI is InChI=1S/C18H24N2O2/c1-3-20(17-6-4-5-7-17)18(22)13-10-15-8-11-16(12-9-15)19-14(2)21/h8-13,17H,3-7H2,1-2H3,(H,19,21)/b13-10+. The number of benzene rings is 1. The van der Waals surface area contributed by atoms with Gasteiger partial charge in [0, 0.05) is 31.3 Å². The Morgan fingerprint density at radius 1 is 1.23 bits per heavy atom. The number of likely N-dealkylation sites (N-methyl/N-ethyl adjacent to an activating group) is 1. The summed E-state index contributed by atoms with van der Waals surface area (Å²) in [6, 6.07) is 7.85. The highest BCUT2D eigenvalue weighted by Crippen LogP contribution is 2.23. The van der Waals surface area contributed by atoms with E-state index < -0.39 is 0 Å². The molecule has 4 nitrogen and oxygen atoms in total. The Balaban J connectivity index is 1.97. The summed E-state index contributed by atoms with van der Waals surface area (Å²) < 4.78 is 0. The van der Waals surface area contributed by atoms with Crippen molar-refractivity contribution in [2.75, 3.05) is 11.9 Å². The van der Waals surface area contributed by atoms with Crippen LogP contribution in [-0.2, 0) is 9.59 Å². The number of anilines is 1. The van der Waals surface area contributed by atoms with Gasteiger partial charge in [-0.3, -0.25) is 9.59 Å². The fourth-order valence-electron chi connectivity index (χ4n) is 2.95. The van der Waals surface area contributed by atoms with Crippen LogP contribution in [0.1, 0.15) is 45.1 Å². The lowest BCUT2D eigenvalue weighted by molar-refractivity contribution is -0.127. The van der Waals surface area contributed by atoms with E-state index in [2.05, 4.69) is 5.32 Å². The van der Waals surface area contributed by atoms with E-state index in [9.17, 15) is 9.59 Å². The van der Waals surface area contributed by atoms with E-state index in [-0.39, 0.29) is 11.8 Å². The summed E-state index contributed by atoms with van der Waals surface area (Å²) in [4.78, 5) is 25.3. The minimum Gasteiger partial charge on any atom is -0.336 e. The van der Waals surface area contributed by atoms with Crippen molar-refractivity contribution in [3.63, 3.8) is 0 Å². The highest BCUT2D eigenvalue weighted by molar-refractivity contribution is 5.92. The van der Waals surface area contributed by atoms with Crippen LogP contribution >= 0.6 is 0 Å². The van der Waals surface area contributed by atoms with Crippen LogP contribution in [0, 0.1) is 0 Å². The third kappa shape index (κ3) is 4.45. The second-order valence-corrected chi connectivity index (χ2v) is 5.70. The number of carbonyl (C=O) groups is 2. The Hall–Kier alpha value is -2.10. The van der Waals surface area contributed by atoms with Crippen molar-refractivity contribution in [2.45, 2.75) is 45.6 Å². The van der Waals surface area contributed by atoms with Gasteiger partial charge in [-0.2, -0.15) is 0 Å². The normalized spacial score (nSPS) is 15.2. The molecular formula is C18H24N2O2. The number of nitrogens with zero attached hydrogens (tertiary/aromatic N) is 1. The molecule has 1 aromatic carbocycles. The molecule has 1 N–H and O–H groups in total. The first-order valence-electron chi connectivity index (χ1n) is 7.96. The van der Waals surface area contributed by atoms with Crippen LogP contribution in [0.15, 0.2) is 30.3 Å². The Morgan fingerprint density at radius 2 is 1.86 bits per heavy atom. The minimum absolute atomic E-state index is 0.0836. The Labute approximate surface area is 132 Å². The van der Waals surface area contributed by atoms with E-state index in [0.717, 1.165) is 30.6 Å². The first-order valence-corrected chi connectivity index (χ1v) is 7.96. The van der Waals surface area contributed by atoms with Gasteiger partial charge in [-0.25, -0.2) is 0 Å². The van der Waals surface area contributed by atoms with Crippen LogP contribution in [0.5, 0.6) is 0 Å². The molecular weight excluding hydrogens is 276 g/mol. The van der Waals surface area contributed by atoms with Crippen molar-refractivity contribution in [3.05, 3.63) is 35.9 Å². The molecule has 4 heteroatoms. The Bertz CT molecular complexity index is 543.